The summed E-state index contributed by atoms with van der Waals surface area (Å²) in [5, 5.41) is 3.98. The van der Waals surface area contributed by atoms with Crippen molar-refractivity contribution < 1.29 is 8.42 Å². The van der Waals surface area contributed by atoms with Crippen LogP contribution < -0.4 is 5.32 Å². The summed E-state index contributed by atoms with van der Waals surface area (Å²) in [6.07, 6.45) is 1.79. The molecule has 2 rings (SSSR count). The predicted octanol–water partition coefficient (Wildman–Crippen LogP) is 3.17. The first-order valence-corrected chi connectivity index (χ1v) is 9.85. The van der Waals surface area contributed by atoms with Crippen LogP contribution in [-0.4, -0.2) is 29.8 Å². The summed E-state index contributed by atoms with van der Waals surface area (Å²) in [5.41, 5.74) is 1.86. The lowest BCUT2D eigenvalue weighted by Gasteiger charge is -2.12. The van der Waals surface area contributed by atoms with Gasteiger partial charge in [-0.15, -0.1) is 0 Å². The van der Waals surface area contributed by atoms with Crippen LogP contribution in [0.4, 0.5) is 10.8 Å². The van der Waals surface area contributed by atoms with Gasteiger partial charge in [0, 0.05) is 28.9 Å². The molecule has 120 valence electrons. The van der Waals surface area contributed by atoms with Gasteiger partial charge < -0.3 is 5.32 Å². The maximum atomic E-state index is 11.2. The van der Waals surface area contributed by atoms with Gasteiger partial charge in [-0.3, -0.25) is 0 Å². The fraction of sp³-hybridized carbons (Fsp3) is 0.467. The van der Waals surface area contributed by atoms with Crippen molar-refractivity contribution in [1.82, 2.24) is 9.36 Å². The van der Waals surface area contributed by atoms with Crippen molar-refractivity contribution in [3.63, 3.8) is 0 Å². The van der Waals surface area contributed by atoms with E-state index in [0.29, 0.717) is 6.42 Å². The van der Waals surface area contributed by atoms with Gasteiger partial charge in [-0.25, -0.2) is 13.4 Å². The summed E-state index contributed by atoms with van der Waals surface area (Å²) in [4.78, 5) is 4.48. The van der Waals surface area contributed by atoms with E-state index >= 15 is 0 Å². The van der Waals surface area contributed by atoms with Crippen LogP contribution in [0.5, 0.6) is 0 Å². The number of anilines is 2. The summed E-state index contributed by atoms with van der Waals surface area (Å²) in [6.45, 7) is 6.24. The van der Waals surface area contributed by atoms with Gasteiger partial charge in [0.25, 0.3) is 0 Å². The summed E-state index contributed by atoms with van der Waals surface area (Å²) in [7, 11) is -2.92. The second-order valence-electron chi connectivity index (χ2n) is 6.37. The van der Waals surface area contributed by atoms with E-state index in [-0.39, 0.29) is 11.2 Å². The Morgan fingerprint density at radius 2 is 1.82 bits per heavy atom. The van der Waals surface area contributed by atoms with Crippen molar-refractivity contribution >= 4 is 32.2 Å². The van der Waals surface area contributed by atoms with Gasteiger partial charge in [-0.2, -0.15) is 4.37 Å². The molecule has 1 N–H and O–H groups in total. The third-order valence-corrected chi connectivity index (χ3v) is 4.64. The first-order chi connectivity index (χ1) is 10.1. The highest BCUT2D eigenvalue weighted by Gasteiger charge is 2.19. The molecule has 0 unspecified atom stereocenters. The van der Waals surface area contributed by atoms with E-state index in [1.807, 2.05) is 24.3 Å². The molecule has 0 fully saturated rings. The van der Waals surface area contributed by atoms with Crippen LogP contribution in [0.1, 0.15) is 32.2 Å². The minimum atomic E-state index is -2.92. The van der Waals surface area contributed by atoms with E-state index < -0.39 is 9.84 Å². The molecule has 1 heterocycles. The average molecular weight is 339 g/mol. The van der Waals surface area contributed by atoms with Gasteiger partial charge in [0.15, 0.2) is 0 Å². The summed E-state index contributed by atoms with van der Waals surface area (Å²) < 4.78 is 26.7. The number of nitrogens with one attached hydrogen (secondary N) is 1. The minimum Gasteiger partial charge on any atom is -0.330 e. The molecule has 0 spiro atoms. The first-order valence-electron chi connectivity index (χ1n) is 7.01. The standard InChI is InChI=1S/C15H21N3O2S2/c1-15(2,3)13-17-14(21-18-13)16-12-7-5-11(6-8-12)9-10-22(4,19)20/h5-8H,9-10H2,1-4H3,(H,16,17,18). The van der Waals surface area contributed by atoms with Gasteiger partial charge in [-0.05, 0) is 24.1 Å². The number of benzene rings is 1. The average Bonchev–Trinajstić information content (AvgIpc) is 2.85. The van der Waals surface area contributed by atoms with Gasteiger partial charge in [0.2, 0.25) is 5.13 Å². The highest BCUT2D eigenvalue weighted by atomic mass is 32.2. The number of aromatic nitrogens is 2. The zero-order valence-corrected chi connectivity index (χ0v) is 14.9. The number of nitrogens with zero attached hydrogens (tertiary/aromatic N) is 2. The van der Waals surface area contributed by atoms with Gasteiger partial charge in [-0.1, -0.05) is 32.9 Å². The van der Waals surface area contributed by atoms with E-state index in [0.717, 1.165) is 22.2 Å². The van der Waals surface area contributed by atoms with Crippen LogP contribution in [0.15, 0.2) is 24.3 Å². The van der Waals surface area contributed by atoms with Crippen molar-refractivity contribution in [2.45, 2.75) is 32.6 Å². The molecule has 0 aliphatic carbocycles. The molecule has 0 bridgehead atoms. The Hall–Kier alpha value is -1.47. The van der Waals surface area contributed by atoms with Crippen LogP contribution in [0.25, 0.3) is 0 Å². The molecule has 22 heavy (non-hydrogen) atoms. The smallest absolute Gasteiger partial charge is 0.207 e. The van der Waals surface area contributed by atoms with Crippen molar-refractivity contribution in [3.05, 3.63) is 35.7 Å². The largest absolute Gasteiger partial charge is 0.330 e. The third-order valence-electron chi connectivity index (χ3n) is 3.06. The van der Waals surface area contributed by atoms with Crippen LogP contribution in [0, 0.1) is 0 Å². The fourth-order valence-electron chi connectivity index (χ4n) is 1.76. The number of hydrogen-bond acceptors (Lipinski definition) is 6. The molecule has 1 aromatic carbocycles. The van der Waals surface area contributed by atoms with Crippen molar-refractivity contribution in [3.8, 4) is 0 Å². The fourth-order valence-corrected chi connectivity index (χ4v) is 3.15. The van der Waals surface area contributed by atoms with E-state index in [1.54, 1.807) is 0 Å². The molecule has 0 radical (unpaired) electrons. The molecule has 0 saturated heterocycles. The summed E-state index contributed by atoms with van der Waals surface area (Å²) in [5.74, 6) is 0.996. The lowest BCUT2D eigenvalue weighted by atomic mass is 9.96. The Morgan fingerprint density at radius 3 is 2.32 bits per heavy atom. The normalized spacial score (nSPS) is 12.4. The molecule has 0 aliphatic heterocycles. The minimum absolute atomic E-state index is 0.0636. The van der Waals surface area contributed by atoms with Gasteiger partial charge >= 0.3 is 0 Å². The van der Waals surface area contributed by atoms with Crippen LogP contribution >= 0.6 is 11.5 Å². The Bertz CT molecular complexity index is 729. The van der Waals surface area contributed by atoms with E-state index in [4.69, 9.17) is 0 Å². The lowest BCUT2D eigenvalue weighted by Crippen LogP contribution is -2.13. The third kappa shape index (κ3) is 5.06. The van der Waals surface area contributed by atoms with Gasteiger partial charge in [0.05, 0.1) is 5.75 Å². The number of sulfone groups is 1. The number of aryl methyl sites for hydroxylation is 1. The Balaban J connectivity index is 2.01. The van der Waals surface area contributed by atoms with Gasteiger partial charge in [0.1, 0.15) is 15.7 Å². The summed E-state index contributed by atoms with van der Waals surface area (Å²) in [6, 6.07) is 7.71. The van der Waals surface area contributed by atoms with E-state index in [9.17, 15) is 8.42 Å². The Morgan fingerprint density at radius 1 is 1.18 bits per heavy atom. The SMILES string of the molecule is CC(C)(C)c1nsc(Nc2ccc(CCS(C)(=O)=O)cc2)n1. The Kier molecular flexibility index (Phi) is 4.87. The molecule has 5 nitrogen and oxygen atoms in total. The van der Waals surface area contributed by atoms with Crippen molar-refractivity contribution in [2.75, 3.05) is 17.3 Å². The molecular weight excluding hydrogens is 318 g/mol. The number of rotatable bonds is 5. The van der Waals surface area contributed by atoms with Crippen LogP contribution in [0.2, 0.25) is 0 Å². The topological polar surface area (TPSA) is 72.0 Å². The first kappa shape index (κ1) is 16.9. The quantitative estimate of drug-likeness (QED) is 0.906. The van der Waals surface area contributed by atoms with Crippen LogP contribution in [-0.2, 0) is 21.7 Å². The molecule has 7 heteroatoms. The highest BCUT2D eigenvalue weighted by molar-refractivity contribution is 7.90. The predicted molar refractivity (Wildman–Crippen MR) is 91.7 cm³/mol. The molecular formula is C15H21N3O2S2. The zero-order chi connectivity index (χ0) is 16.4. The molecule has 0 aliphatic rings. The van der Waals surface area contributed by atoms with E-state index in [1.165, 1.54) is 17.8 Å². The number of hydrogen-bond donors (Lipinski definition) is 1. The summed E-state index contributed by atoms with van der Waals surface area (Å²) >= 11 is 1.34. The Labute approximate surface area is 135 Å². The highest BCUT2D eigenvalue weighted by Crippen LogP contribution is 2.25. The monoisotopic (exact) mass is 339 g/mol. The second-order valence-corrected chi connectivity index (χ2v) is 9.39. The molecule has 2 aromatic rings. The molecule has 0 atom stereocenters. The molecule has 0 amide bonds. The van der Waals surface area contributed by atoms with Crippen LogP contribution in [0.3, 0.4) is 0 Å². The lowest BCUT2D eigenvalue weighted by molar-refractivity contribution is 0.555. The van der Waals surface area contributed by atoms with E-state index in [2.05, 4.69) is 35.4 Å². The zero-order valence-electron chi connectivity index (χ0n) is 13.3. The maximum absolute atomic E-state index is 11.2. The second kappa shape index (κ2) is 6.34. The molecule has 1 aromatic heterocycles. The molecule has 0 saturated carbocycles. The van der Waals surface area contributed by atoms with Crippen molar-refractivity contribution in [1.29, 1.82) is 0 Å². The maximum Gasteiger partial charge on any atom is 0.207 e. The van der Waals surface area contributed by atoms with Crippen molar-refractivity contribution in [2.24, 2.45) is 0 Å².